The molecule has 2 N–H and O–H groups in total. The number of anilines is 3. The third kappa shape index (κ3) is 5.02. The number of rotatable bonds is 5. The second-order valence-corrected chi connectivity index (χ2v) is 13.7. The van der Waals surface area contributed by atoms with Crippen LogP contribution in [0.3, 0.4) is 0 Å². The lowest BCUT2D eigenvalue weighted by Crippen LogP contribution is -2.18. The summed E-state index contributed by atoms with van der Waals surface area (Å²) in [5.41, 5.74) is 6.40. The first kappa shape index (κ1) is 29.9. The van der Waals surface area contributed by atoms with Crippen molar-refractivity contribution < 1.29 is 14.9 Å². The molecular formula is C44H37NO3. The lowest BCUT2D eigenvalue weighted by molar-refractivity contribution is 0.0787. The Balaban J connectivity index is 1.35. The van der Waals surface area contributed by atoms with Crippen molar-refractivity contribution in [2.24, 2.45) is 0 Å². The maximum Gasteiger partial charge on any atom is 0.152 e. The van der Waals surface area contributed by atoms with Crippen molar-refractivity contribution in [3.8, 4) is 33.8 Å². The number of fused-ring (bicyclic) bond motifs is 4. The van der Waals surface area contributed by atoms with Crippen LogP contribution in [-0.2, 0) is 11.2 Å². The summed E-state index contributed by atoms with van der Waals surface area (Å²) >= 11 is 0. The Labute approximate surface area is 281 Å². The van der Waals surface area contributed by atoms with E-state index in [1.165, 1.54) is 0 Å². The first-order valence-corrected chi connectivity index (χ1v) is 16.4. The molecule has 0 bridgehead atoms. The average molecular weight is 628 g/mol. The molecule has 1 aliphatic rings. The number of benzene rings is 7. The highest BCUT2D eigenvalue weighted by atomic mass is 16.5. The van der Waals surface area contributed by atoms with E-state index in [2.05, 4.69) is 89.8 Å². The van der Waals surface area contributed by atoms with E-state index in [0.717, 1.165) is 83.5 Å². The molecule has 0 spiro atoms. The first-order valence-electron chi connectivity index (χ1n) is 16.4. The van der Waals surface area contributed by atoms with Gasteiger partial charge in [-0.3, -0.25) is 0 Å². The van der Waals surface area contributed by atoms with E-state index in [1.54, 1.807) is 0 Å². The minimum atomic E-state index is -1.05. The molecular weight excluding hydrogens is 590 g/mol. The van der Waals surface area contributed by atoms with Gasteiger partial charge in [0.1, 0.15) is 0 Å². The molecule has 48 heavy (non-hydrogen) atoms. The molecule has 0 radical (unpaired) electrons. The van der Waals surface area contributed by atoms with Crippen molar-refractivity contribution in [2.45, 2.75) is 38.9 Å². The number of para-hydroxylation sites is 1. The molecule has 0 aliphatic carbocycles. The lowest BCUT2D eigenvalue weighted by Gasteiger charge is -2.34. The zero-order chi connectivity index (χ0) is 33.2. The van der Waals surface area contributed by atoms with Crippen molar-refractivity contribution in [2.75, 3.05) is 4.90 Å². The third-order valence-electron chi connectivity index (χ3n) is 9.39. The maximum absolute atomic E-state index is 11.3. The topological polar surface area (TPSA) is 52.9 Å². The lowest BCUT2D eigenvalue weighted by atomic mass is 9.85. The van der Waals surface area contributed by atoms with Crippen LogP contribution in [0.1, 0.15) is 38.8 Å². The van der Waals surface area contributed by atoms with Gasteiger partial charge in [0.15, 0.2) is 11.5 Å². The number of nitrogens with zero attached hydrogens (tertiary/aromatic N) is 1. The molecule has 0 saturated heterocycles. The fourth-order valence-electron chi connectivity index (χ4n) is 7.16. The van der Waals surface area contributed by atoms with Gasteiger partial charge in [-0.2, -0.15) is 0 Å². The number of hydrogen-bond acceptors (Lipinski definition) is 4. The molecule has 7 aromatic rings. The van der Waals surface area contributed by atoms with Gasteiger partial charge in [0.2, 0.25) is 0 Å². The summed E-state index contributed by atoms with van der Waals surface area (Å²) in [5, 5.41) is 26.9. The number of aliphatic hydroxyl groups is 2. The largest absolute Gasteiger partial charge is 0.453 e. The van der Waals surface area contributed by atoms with Crippen molar-refractivity contribution in [3.63, 3.8) is 0 Å². The molecule has 0 atom stereocenters. The standard InChI is InChI=1S/C44H37NO3/c1-43(2,46)35-22-18-28-12-8-10-16-33(28)41(35)30-20-24-37-39(26-30)48-40-27-31(21-25-38(40)45(37)32-14-6-5-7-15-32)42-34-17-11-9-13-29(34)19-23-36(42)44(3,4)47/h5-27,46-47H,1-4H3. The zero-order valence-corrected chi connectivity index (χ0v) is 27.5. The Kier molecular flexibility index (Phi) is 6.92. The molecule has 1 heterocycles. The fourth-order valence-corrected chi connectivity index (χ4v) is 7.16. The monoisotopic (exact) mass is 627 g/mol. The summed E-state index contributed by atoms with van der Waals surface area (Å²) in [5.74, 6) is 1.44. The maximum atomic E-state index is 11.3. The van der Waals surface area contributed by atoms with Crippen LogP contribution in [0.5, 0.6) is 11.5 Å². The Bertz CT molecular complexity index is 2200. The highest BCUT2D eigenvalue weighted by Crippen LogP contribution is 2.53. The van der Waals surface area contributed by atoms with Crippen LogP contribution < -0.4 is 9.64 Å². The normalized spacial score (nSPS) is 12.9. The van der Waals surface area contributed by atoms with Gasteiger partial charge < -0.3 is 19.8 Å². The summed E-state index contributed by atoms with van der Waals surface area (Å²) in [7, 11) is 0. The van der Waals surface area contributed by atoms with Crippen LogP contribution in [-0.4, -0.2) is 10.2 Å². The van der Waals surface area contributed by atoms with E-state index in [-0.39, 0.29) is 0 Å². The predicted molar refractivity (Wildman–Crippen MR) is 198 cm³/mol. The van der Waals surface area contributed by atoms with Crippen LogP contribution >= 0.6 is 0 Å². The van der Waals surface area contributed by atoms with Crippen molar-refractivity contribution in [3.05, 3.63) is 151 Å². The highest BCUT2D eigenvalue weighted by molar-refractivity contribution is 6.01. The quantitative estimate of drug-likeness (QED) is 0.199. The summed E-state index contributed by atoms with van der Waals surface area (Å²) in [6.07, 6.45) is 0. The van der Waals surface area contributed by atoms with Crippen molar-refractivity contribution in [1.82, 2.24) is 0 Å². The average Bonchev–Trinajstić information content (AvgIpc) is 3.08. The van der Waals surface area contributed by atoms with Gasteiger partial charge in [-0.15, -0.1) is 0 Å². The highest BCUT2D eigenvalue weighted by Gasteiger charge is 2.30. The van der Waals surface area contributed by atoms with Gasteiger partial charge in [-0.05, 0) is 119 Å². The number of ether oxygens (including phenoxy) is 1. The van der Waals surface area contributed by atoms with E-state index in [4.69, 9.17) is 4.74 Å². The van der Waals surface area contributed by atoms with Gasteiger partial charge >= 0.3 is 0 Å². The molecule has 0 amide bonds. The van der Waals surface area contributed by atoms with Crippen LogP contribution in [0.2, 0.25) is 0 Å². The third-order valence-corrected chi connectivity index (χ3v) is 9.39. The van der Waals surface area contributed by atoms with E-state index in [1.807, 2.05) is 82.3 Å². The van der Waals surface area contributed by atoms with Crippen LogP contribution in [0, 0.1) is 0 Å². The molecule has 0 unspecified atom stereocenters. The van der Waals surface area contributed by atoms with Gasteiger partial charge in [0.05, 0.1) is 22.6 Å². The van der Waals surface area contributed by atoms with Gasteiger partial charge in [0.25, 0.3) is 0 Å². The Morgan fingerprint density at radius 3 is 1.38 bits per heavy atom. The van der Waals surface area contributed by atoms with Gasteiger partial charge in [-0.25, -0.2) is 0 Å². The minimum Gasteiger partial charge on any atom is -0.453 e. The molecule has 4 nitrogen and oxygen atoms in total. The smallest absolute Gasteiger partial charge is 0.152 e. The molecule has 1 aliphatic heterocycles. The molecule has 4 heteroatoms. The zero-order valence-electron chi connectivity index (χ0n) is 27.5. The van der Waals surface area contributed by atoms with E-state index >= 15 is 0 Å². The molecule has 0 fully saturated rings. The van der Waals surface area contributed by atoms with E-state index < -0.39 is 11.2 Å². The van der Waals surface area contributed by atoms with Crippen LogP contribution in [0.4, 0.5) is 17.1 Å². The Hall–Kier alpha value is -5.42. The van der Waals surface area contributed by atoms with Gasteiger partial charge in [0, 0.05) is 5.69 Å². The molecule has 0 saturated carbocycles. The summed E-state index contributed by atoms with van der Waals surface area (Å²) in [6, 6.07) is 47.8. The van der Waals surface area contributed by atoms with Gasteiger partial charge in [-0.1, -0.05) is 103 Å². The Morgan fingerprint density at radius 2 is 0.917 bits per heavy atom. The second kappa shape index (κ2) is 11.1. The van der Waals surface area contributed by atoms with E-state index in [9.17, 15) is 10.2 Å². The first-order chi connectivity index (χ1) is 23.1. The summed E-state index contributed by atoms with van der Waals surface area (Å²) < 4.78 is 6.86. The fraction of sp³-hybridized carbons (Fsp3) is 0.136. The Morgan fingerprint density at radius 1 is 0.479 bits per heavy atom. The van der Waals surface area contributed by atoms with Crippen LogP contribution in [0.25, 0.3) is 43.8 Å². The summed E-state index contributed by atoms with van der Waals surface area (Å²) in [6.45, 7) is 7.33. The summed E-state index contributed by atoms with van der Waals surface area (Å²) in [4.78, 5) is 2.24. The molecule has 0 aromatic heterocycles. The minimum absolute atomic E-state index is 0.719. The van der Waals surface area contributed by atoms with Crippen molar-refractivity contribution >= 4 is 38.6 Å². The predicted octanol–water partition coefficient (Wildman–Crippen LogP) is 11.4. The molecule has 8 rings (SSSR count). The number of hydrogen-bond donors (Lipinski definition) is 2. The SMILES string of the molecule is CC(C)(O)c1ccc2ccccc2c1-c1ccc2c(c1)Oc1cc(-c3c(C(C)(C)O)ccc4ccccc34)ccc1N2c1ccccc1. The molecule has 7 aromatic carbocycles. The van der Waals surface area contributed by atoms with Crippen LogP contribution in [0.15, 0.2) is 140 Å². The molecule has 236 valence electrons. The van der Waals surface area contributed by atoms with E-state index in [0.29, 0.717) is 0 Å². The van der Waals surface area contributed by atoms with Crippen molar-refractivity contribution in [1.29, 1.82) is 0 Å². The second-order valence-electron chi connectivity index (χ2n) is 13.7.